The van der Waals surface area contributed by atoms with E-state index in [9.17, 15) is 0 Å². The van der Waals surface area contributed by atoms with Gasteiger partial charge in [-0.05, 0) is 39.2 Å². The van der Waals surface area contributed by atoms with Gasteiger partial charge in [0.25, 0.3) is 0 Å². The Morgan fingerprint density at radius 3 is 2.87 bits per heavy atom. The van der Waals surface area contributed by atoms with Crippen LogP contribution in [0.5, 0.6) is 0 Å². The van der Waals surface area contributed by atoms with Crippen molar-refractivity contribution in [3.8, 4) is 0 Å². The van der Waals surface area contributed by atoms with E-state index >= 15 is 0 Å². The first kappa shape index (κ1) is 10.7. The molecular weight excluding hydrogens is 188 g/mol. The van der Waals surface area contributed by atoms with Gasteiger partial charge in [-0.15, -0.1) is 0 Å². The van der Waals surface area contributed by atoms with E-state index in [1.165, 1.54) is 25.7 Å². The Balaban J connectivity index is 1.79. The Hall–Kier alpha value is -0.830. The van der Waals surface area contributed by atoms with Crippen molar-refractivity contribution in [3.63, 3.8) is 0 Å². The number of oxazole rings is 1. The summed E-state index contributed by atoms with van der Waals surface area (Å²) >= 11 is 0. The molecule has 0 amide bonds. The van der Waals surface area contributed by atoms with Crippen molar-refractivity contribution in [1.82, 2.24) is 10.3 Å². The molecule has 1 aliphatic carbocycles. The Morgan fingerprint density at radius 1 is 1.53 bits per heavy atom. The van der Waals surface area contributed by atoms with Crippen molar-refractivity contribution in [2.45, 2.75) is 45.6 Å². The van der Waals surface area contributed by atoms with E-state index in [1.54, 1.807) is 6.20 Å². The third kappa shape index (κ3) is 2.81. The molecule has 1 fully saturated rings. The molecular formula is C12H20N2O. The lowest BCUT2D eigenvalue weighted by atomic mass is 10.1. The van der Waals surface area contributed by atoms with E-state index in [1.807, 2.05) is 6.92 Å². The second-order valence-corrected chi connectivity index (χ2v) is 4.59. The molecule has 1 saturated carbocycles. The minimum Gasteiger partial charge on any atom is -0.444 e. The quantitative estimate of drug-likeness (QED) is 0.826. The summed E-state index contributed by atoms with van der Waals surface area (Å²) in [6.07, 6.45) is 7.34. The fraction of sp³-hybridized carbons (Fsp3) is 0.750. The van der Waals surface area contributed by atoms with E-state index in [2.05, 4.69) is 17.2 Å². The molecule has 1 aromatic heterocycles. The first-order chi connectivity index (χ1) is 7.25. The normalized spacial score (nSPS) is 19.6. The van der Waals surface area contributed by atoms with Crippen molar-refractivity contribution < 1.29 is 4.42 Å². The van der Waals surface area contributed by atoms with Gasteiger partial charge in [0.15, 0.2) is 0 Å². The summed E-state index contributed by atoms with van der Waals surface area (Å²) in [5.74, 6) is 2.56. The number of aromatic nitrogens is 1. The minimum absolute atomic E-state index is 0.235. The zero-order chi connectivity index (χ0) is 10.7. The lowest BCUT2D eigenvalue weighted by Crippen LogP contribution is -2.24. The van der Waals surface area contributed by atoms with Crippen LogP contribution >= 0.6 is 0 Å². The maximum atomic E-state index is 5.49. The number of nitrogens with one attached hydrogen (secondary N) is 1. The van der Waals surface area contributed by atoms with Gasteiger partial charge in [0.1, 0.15) is 5.76 Å². The summed E-state index contributed by atoms with van der Waals surface area (Å²) in [5, 5.41) is 3.50. The smallest absolute Gasteiger partial charge is 0.211 e. The fourth-order valence-corrected chi connectivity index (χ4v) is 2.22. The average Bonchev–Trinajstić information content (AvgIpc) is 2.84. The van der Waals surface area contributed by atoms with E-state index in [0.717, 1.165) is 24.1 Å². The van der Waals surface area contributed by atoms with E-state index in [4.69, 9.17) is 4.42 Å². The molecule has 84 valence electrons. The van der Waals surface area contributed by atoms with Crippen LogP contribution in [0, 0.1) is 12.8 Å². The summed E-state index contributed by atoms with van der Waals surface area (Å²) < 4.78 is 5.49. The van der Waals surface area contributed by atoms with Gasteiger partial charge in [-0.25, -0.2) is 4.98 Å². The number of aryl methyl sites for hydroxylation is 1. The third-order valence-electron chi connectivity index (χ3n) is 3.20. The molecule has 1 aliphatic rings. The van der Waals surface area contributed by atoms with Crippen LogP contribution in [0.25, 0.3) is 0 Å². The molecule has 1 unspecified atom stereocenters. The molecule has 3 nitrogen and oxygen atoms in total. The minimum atomic E-state index is 0.235. The highest BCUT2D eigenvalue weighted by Crippen LogP contribution is 2.24. The molecule has 15 heavy (non-hydrogen) atoms. The lowest BCUT2D eigenvalue weighted by Gasteiger charge is -2.14. The summed E-state index contributed by atoms with van der Waals surface area (Å²) in [4.78, 5) is 4.23. The molecule has 0 spiro atoms. The van der Waals surface area contributed by atoms with Crippen LogP contribution < -0.4 is 5.32 Å². The van der Waals surface area contributed by atoms with Gasteiger partial charge in [0.05, 0.1) is 12.2 Å². The van der Waals surface area contributed by atoms with E-state index < -0.39 is 0 Å². The molecule has 0 radical (unpaired) electrons. The summed E-state index contributed by atoms with van der Waals surface area (Å²) in [7, 11) is 0. The van der Waals surface area contributed by atoms with Gasteiger partial charge in [-0.1, -0.05) is 12.8 Å². The van der Waals surface area contributed by atoms with Crippen LogP contribution in [0.15, 0.2) is 10.6 Å². The van der Waals surface area contributed by atoms with Crippen molar-refractivity contribution in [2.75, 3.05) is 6.54 Å². The standard InChI is InChI=1S/C12H20N2O/c1-9-7-14-12(15-9)10(2)13-8-11-5-3-4-6-11/h7,10-11,13H,3-6,8H2,1-2H3. The van der Waals surface area contributed by atoms with E-state index in [0.29, 0.717) is 0 Å². The molecule has 1 atom stereocenters. The Morgan fingerprint density at radius 2 is 2.27 bits per heavy atom. The van der Waals surface area contributed by atoms with Crippen LogP contribution in [0.3, 0.4) is 0 Å². The Kier molecular flexibility index (Phi) is 3.41. The van der Waals surface area contributed by atoms with Gasteiger partial charge >= 0.3 is 0 Å². The van der Waals surface area contributed by atoms with Crippen molar-refractivity contribution in [3.05, 3.63) is 17.8 Å². The molecule has 3 heteroatoms. The first-order valence-electron chi connectivity index (χ1n) is 5.91. The first-order valence-corrected chi connectivity index (χ1v) is 5.91. The Bertz CT molecular complexity index is 302. The highest BCUT2D eigenvalue weighted by Gasteiger charge is 2.17. The van der Waals surface area contributed by atoms with Crippen LogP contribution in [0.2, 0.25) is 0 Å². The summed E-state index contributed by atoms with van der Waals surface area (Å²) in [6.45, 7) is 5.14. The third-order valence-corrected chi connectivity index (χ3v) is 3.20. The fourth-order valence-electron chi connectivity index (χ4n) is 2.22. The van der Waals surface area contributed by atoms with Crippen molar-refractivity contribution in [1.29, 1.82) is 0 Å². The van der Waals surface area contributed by atoms with Crippen LogP contribution in [-0.4, -0.2) is 11.5 Å². The highest BCUT2D eigenvalue weighted by molar-refractivity contribution is 4.95. The molecule has 2 rings (SSSR count). The Labute approximate surface area is 91.3 Å². The zero-order valence-electron chi connectivity index (χ0n) is 9.62. The van der Waals surface area contributed by atoms with Gasteiger partial charge in [0, 0.05) is 0 Å². The maximum Gasteiger partial charge on any atom is 0.211 e. The lowest BCUT2D eigenvalue weighted by molar-refractivity contribution is 0.377. The molecule has 0 saturated heterocycles. The summed E-state index contributed by atoms with van der Waals surface area (Å²) in [5.41, 5.74) is 0. The molecule has 1 heterocycles. The molecule has 0 bridgehead atoms. The number of hydrogen-bond donors (Lipinski definition) is 1. The predicted octanol–water partition coefficient (Wildman–Crippen LogP) is 2.82. The summed E-state index contributed by atoms with van der Waals surface area (Å²) in [6, 6.07) is 0.235. The molecule has 1 aromatic rings. The molecule has 1 N–H and O–H groups in total. The van der Waals surface area contributed by atoms with Gasteiger partial charge in [-0.2, -0.15) is 0 Å². The monoisotopic (exact) mass is 208 g/mol. The predicted molar refractivity (Wildman–Crippen MR) is 59.6 cm³/mol. The maximum absolute atomic E-state index is 5.49. The topological polar surface area (TPSA) is 38.1 Å². The largest absolute Gasteiger partial charge is 0.444 e. The second-order valence-electron chi connectivity index (χ2n) is 4.59. The zero-order valence-corrected chi connectivity index (χ0v) is 9.62. The van der Waals surface area contributed by atoms with Gasteiger partial charge < -0.3 is 9.73 Å². The number of hydrogen-bond acceptors (Lipinski definition) is 3. The molecule has 0 aromatic carbocycles. The van der Waals surface area contributed by atoms with Crippen LogP contribution in [-0.2, 0) is 0 Å². The number of nitrogens with zero attached hydrogens (tertiary/aromatic N) is 1. The second kappa shape index (κ2) is 4.79. The number of rotatable bonds is 4. The highest BCUT2D eigenvalue weighted by atomic mass is 16.4. The van der Waals surface area contributed by atoms with Crippen LogP contribution in [0.4, 0.5) is 0 Å². The van der Waals surface area contributed by atoms with Gasteiger partial charge in [-0.3, -0.25) is 0 Å². The molecule has 0 aliphatic heterocycles. The SMILES string of the molecule is Cc1cnc(C(C)NCC2CCCC2)o1. The van der Waals surface area contributed by atoms with Gasteiger partial charge in [0.2, 0.25) is 5.89 Å². The van der Waals surface area contributed by atoms with Crippen molar-refractivity contribution in [2.24, 2.45) is 5.92 Å². The van der Waals surface area contributed by atoms with Crippen LogP contribution in [0.1, 0.15) is 50.3 Å². The van der Waals surface area contributed by atoms with Crippen molar-refractivity contribution >= 4 is 0 Å². The van der Waals surface area contributed by atoms with E-state index in [-0.39, 0.29) is 6.04 Å². The average molecular weight is 208 g/mol.